The molecule has 1 N–H and O–H groups in total. The topological polar surface area (TPSA) is 32.7 Å². The summed E-state index contributed by atoms with van der Waals surface area (Å²) in [6, 6.07) is 25.5. The molecule has 1 fully saturated rings. The van der Waals surface area contributed by atoms with Crippen molar-refractivity contribution in [3.05, 3.63) is 102 Å². The number of alkyl halides is 3. The van der Waals surface area contributed by atoms with Gasteiger partial charge in [0.05, 0.1) is 6.61 Å². The molecule has 1 heterocycles. The summed E-state index contributed by atoms with van der Waals surface area (Å²) in [4.78, 5) is 2.31. The van der Waals surface area contributed by atoms with Crippen LogP contribution >= 0.6 is 11.8 Å². The summed E-state index contributed by atoms with van der Waals surface area (Å²) < 4.78 is 45.5. The molecule has 0 aliphatic carbocycles. The van der Waals surface area contributed by atoms with Crippen molar-refractivity contribution >= 4 is 11.8 Å². The second kappa shape index (κ2) is 10.3. The molecule has 3 nitrogen and oxygen atoms in total. The standard InChI is InChI=1S/C26H26F3NO2S/c27-26(28,29)33-23-14-8-7-11-21(23)17-25(31,22-12-5-2-6-13-22)24-19-30(15-16-32-24)18-20-9-3-1-4-10-20/h1-14,24,31H,15-19H2/t24-,25?/m0/s1. The van der Waals surface area contributed by atoms with Crippen molar-refractivity contribution in [1.82, 2.24) is 4.90 Å². The van der Waals surface area contributed by atoms with Crippen molar-refractivity contribution in [2.75, 3.05) is 19.7 Å². The molecule has 1 aliphatic rings. The van der Waals surface area contributed by atoms with Crippen LogP contribution in [0, 0.1) is 0 Å². The first-order valence-corrected chi connectivity index (χ1v) is 11.6. The third-order valence-electron chi connectivity index (χ3n) is 5.86. The van der Waals surface area contributed by atoms with Crippen molar-refractivity contribution in [3.63, 3.8) is 0 Å². The molecular formula is C26H26F3NO2S. The van der Waals surface area contributed by atoms with Gasteiger partial charge in [-0.15, -0.1) is 0 Å². The molecule has 3 aromatic carbocycles. The second-order valence-corrected chi connectivity index (χ2v) is 9.31. The minimum atomic E-state index is -4.41. The summed E-state index contributed by atoms with van der Waals surface area (Å²) in [5, 5.41) is 12.0. The quantitative estimate of drug-likeness (QED) is 0.451. The first-order valence-electron chi connectivity index (χ1n) is 10.8. The molecule has 33 heavy (non-hydrogen) atoms. The number of ether oxygens (including phenoxy) is 1. The number of thioether (sulfide) groups is 1. The van der Waals surface area contributed by atoms with E-state index < -0.39 is 17.2 Å². The molecule has 0 radical (unpaired) electrons. The van der Waals surface area contributed by atoms with Crippen LogP contribution in [0.25, 0.3) is 0 Å². The lowest BCUT2D eigenvalue weighted by Crippen LogP contribution is -2.53. The summed E-state index contributed by atoms with van der Waals surface area (Å²) >= 11 is -0.150. The Kier molecular flexibility index (Phi) is 7.44. The molecule has 1 unspecified atom stereocenters. The largest absolute Gasteiger partial charge is 0.446 e. The Morgan fingerprint density at radius 3 is 2.24 bits per heavy atom. The zero-order chi connectivity index (χ0) is 23.3. The number of halogens is 3. The summed E-state index contributed by atoms with van der Waals surface area (Å²) in [5.74, 6) is 0. The molecule has 174 valence electrons. The van der Waals surface area contributed by atoms with Crippen LogP contribution in [0.1, 0.15) is 16.7 Å². The Bertz CT molecular complexity index is 1030. The SMILES string of the molecule is OC(Cc1ccccc1SC(F)(F)F)(c1ccccc1)[C@@H]1CN(Cc2ccccc2)CCO1. The normalized spacial score (nSPS) is 19.2. The van der Waals surface area contributed by atoms with E-state index >= 15 is 0 Å². The maximum Gasteiger partial charge on any atom is 0.446 e. The maximum absolute atomic E-state index is 13.2. The van der Waals surface area contributed by atoms with Crippen LogP contribution < -0.4 is 0 Å². The zero-order valence-electron chi connectivity index (χ0n) is 18.0. The van der Waals surface area contributed by atoms with Gasteiger partial charge in [0, 0.05) is 31.0 Å². The fourth-order valence-corrected chi connectivity index (χ4v) is 4.94. The van der Waals surface area contributed by atoms with E-state index in [1.807, 2.05) is 36.4 Å². The van der Waals surface area contributed by atoms with Gasteiger partial charge in [0.15, 0.2) is 0 Å². The summed E-state index contributed by atoms with van der Waals surface area (Å²) in [6.07, 6.45) is -0.582. The number of morpholine rings is 1. The van der Waals surface area contributed by atoms with Crippen molar-refractivity contribution in [1.29, 1.82) is 0 Å². The number of hydrogen-bond donors (Lipinski definition) is 1. The van der Waals surface area contributed by atoms with Gasteiger partial charge in [-0.25, -0.2) is 0 Å². The van der Waals surface area contributed by atoms with Crippen molar-refractivity contribution in [3.8, 4) is 0 Å². The number of hydrogen-bond acceptors (Lipinski definition) is 4. The molecule has 1 aliphatic heterocycles. The van der Waals surface area contributed by atoms with Gasteiger partial charge < -0.3 is 9.84 Å². The fourth-order valence-electron chi connectivity index (χ4n) is 4.27. The van der Waals surface area contributed by atoms with Crippen LogP contribution in [-0.4, -0.2) is 41.3 Å². The highest BCUT2D eigenvalue weighted by atomic mass is 32.2. The van der Waals surface area contributed by atoms with Gasteiger partial charge in [0.25, 0.3) is 0 Å². The molecule has 0 bridgehead atoms. The highest BCUT2D eigenvalue weighted by Gasteiger charge is 2.43. The Hall–Kier alpha value is -2.32. The molecule has 0 amide bonds. The number of benzene rings is 3. The average molecular weight is 474 g/mol. The van der Waals surface area contributed by atoms with E-state index in [0.717, 1.165) is 12.1 Å². The summed E-state index contributed by atoms with van der Waals surface area (Å²) in [6.45, 7) is 2.34. The Labute approximate surface area is 196 Å². The predicted molar refractivity (Wildman–Crippen MR) is 124 cm³/mol. The van der Waals surface area contributed by atoms with Gasteiger partial charge in [-0.1, -0.05) is 78.9 Å². The lowest BCUT2D eigenvalue weighted by atomic mass is 9.81. The van der Waals surface area contributed by atoms with Crippen LogP contribution in [0.15, 0.2) is 89.8 Å². The highest BCUT2D eigenvalue weighted by Crippen LogP contribution is 2.41. The molecule has 4 rings (SSSR count). The summed E-state index contributed by atoms with van der Waals surface area (Å²) in [7, 11) is 0. The van der Waals surface area contributed by atoms with Crippen LogP contribution in [0.2, 0.25) is 0 Å². The Morgan fingerprint density at radius 2 is 1.55 bits per heavy atom. The van der Waals surface area contributed by atoms with Crippen molar-refractivity contribution in [2.24, 2.45) is 0 Å². The van der Waals surface area contributed by atoms with E-state index in [0.29, 0.717) is 30.8 Å². The zero-order valence-corrected chi connectivity index (χ0v) is 18.9. The van der Waals surface area contributed by atoms with E-state index in [1.165, 1.54) is 6.07 Å². The number of aliphatic hydroxyl groups is 1. The third kappa shape index (κ3) is 6.18. The monoisotopic (exact) mass is 473 g/mol. The van der Waals surface area contributed by atoms with Gasteiger partial charge in [-0.3, -0.25) is 4.90 Å². The average Bonchev–Trinajstić information content (AvgIpc) is 2.81. The van der Waals surface area contributed by atoms with Crippen LogP contribution in [0.5, 0.6) is 0 Å². The van der Waals surface area contributed by atoms with Crippen molar-refractivity contribution < 1.29 is 23.0 Å². The predicted octanol–water partition coefficient (Wildman–Crippen LogP) is 5.63. The molecule has 2 atom stereocenters. The smallest absolute Gasteiger partial charge is 0.382 e. The molecule has 7 heteroatoms. The first-order chi connectivity index (χ1) is 15.8. The molecule has 1 saturated heterocycles. The molecule has 0 aromatic heterocycles. The van der Waals surface area contributed by atoms with Crippen LogP contribution in [0.4, 0.5) is 13.2 Å². The molecular weight excluding hydrogens is 447 g/mol. The van der Waals surface area contributed by atoms with Gasteiger partial charge in [-0.05, 0) is 34.5 Å². The van der Waals surface area contributed by atoms with E-state index in [4.69, 9.17) is 4.74 Å². The van der Waals surface area contributed by atoms with Gasteiger partial charge in [0.2, 0.25) is 0 Å². The Balaban J connectivity index is 1.63. The molecule has 3 aromatic rings. The summed E-state index contributed by atoms with van der Waals surface area (Å²) in [5.41, 5.74) is -3.67. The van der Waals surface area contributed by atoms with E-state index in [-0.39, 0.29) is 23.1 Å². The highest BCUT2D eigenvalue weighted by molar-refractivity contribution is 8.00. The minimum absolute atomic E-state index is 0.0140. The molecule has 0 saturated carbocycles. The van der Waals surface area contributed by atoms with Gasteiger partial charge >= 0.3 is 5.51 Å². The van der Waals surface area contributed by atoms with Crippen molar-refractivity contribution in [2.45, 2.75) is 35.1 Å². The van der Waals surface area contributed by atoms with E-state index in [1.54, 1.807) is 30.3 Å². The fraction of sp³-hybridized carbons (Fsp3) is 0.308. The number of rotatable bonds is 7. The number of nitrogens with zero attached hydrogens (tertiary/aromatic N) is 1. The van der Waals surface area contributed by atoms with Crippen LogP contribution in [0.3, 0.4) is 0 Å². The maximum atomic E-state index is 13.2. The van der Waals surface area contributed by atoms with Crippen LogP contribution in [-0.2, 0) is 23.3 Å². The lowest BCUT2D eigenvalue weighted by Gasteiger charge is -2.43. The molecule has 0 spiro atoms. The van der Waals surface area contributed by atoms with Gasteiger partial charge in [0.1, 0.15) is 11.7 Å². The van der Waals surface area contributed by atoms with Gasteiger partial charge in [-0.2, -0.15) is 13.2 Å². The third-order valence-corrected chi connectivity index (χ3v) is 6.71. The minimum Gasteiger partial charge on any atom is -0.382 e. The lowest BCUT2D eigenvalue weighted by molar-refractivity contribution is -0.150. The second-order valence-electron chi connectivity index (χ2n) is 8.20. The van der Waals surface area contributed by atoms with E-state index in [2.05, 4.69) is 17.0 Å². The van der Waals surface area contributed by atoms with E-state index in [9.17, 15) is 18.3 Å². The first kappa shape index (κ1) is 23.8. The Morgan fingerprint density at radius 1 is 0.909 bits per heavy atom.